The second-order valence-electron chi connectivity index (χ2n) is 6.83. The van der Waals surface area contributed by atoms with Crippen LogP contribution in [0, 0.1) is 0 Å². The number of aromatic nitrogens is 2. The van der Waals surface area contributed by atoms with E-state index in [2.05, 4.69) is 9.97 Å². The lowest BCUT2D eigenvalue weighted by Crippen LogP contribution is -2.46. The number of ether oxygens (including phenoxy) is 1. The third kappa shape index (κ3) is 4.64. The van der Waals surface area contributed by atoms with Crippen molar-refractivity contribution in [3.63, 3.8) is 0 Å². The van der Waals surface area contributed by atoms with Gasteiger partial charge in [0, 0.05) is 29.4 Å². The van der Waals surface area contributed by atoms with E-state index >= 15 is 0 Å². The summed E-state index contributed by atoms with van der Waals surface area (Å²) in [5.74, 6) is -2.64. The molecule has 0 aliphatic carbocycles. The summed E-state index contributed by atoms with van der Waals surface area (Å²) in [5, 5.41) is 19.6. The number of carboxylic acids is 1. The molecule has 0 saturated carbocycles. The summed E-state index contributed by atoms with van der Waals surface area (Å²) in [6.45, 7) is 1.17. The van der Waals surface area contributed by atoms with Gasteiger partial charge in [0.15, 0.2) is 5.60 Å². The van der Waals surface area contributed by atoms with Crippen LogP contribution in [0.15, 0.2) is 54.9 Å². The zero-order valence-electron chi connectivity index (χ0n) is 16.3. The molecule has 0 saturated heterocycles. The molecule has 168 valence electrons. The highest BCUT2D eigenvalue weighted by Crippen LogP contribution is 2.50. The Morgan fingerprint density at radius 2 is 1.81 bits per heavy atom. The number of carbonyl (C=O) groups is 1. The molecular formula is C21H15Cl2F3N2O4. The van der Waals surface area contributed by atoms with Crippen molar-refractivity contribution in [3.8, 4) is 11.6 Å². The van der Waals surface area contributed by atoms with Crippen LogP contribution >= 0.6 is 23.2 Å². The Labute approximate surface area is 190 Å². The Kier molecular flexibility index (Phi) is 6.64. The van der Waals surface area contributed by atoms with Gasteiger partial charge in [0.1, 0.15) is 10.9 Å². The average Bonchev–Trinajstić information content (AvgIpc) is 2.73. The van der Waals surface area contributed by atoms with Crippen molar-refractivity contribution in [2.24, 2.45) is 0 Å². The number of aliphatic hydroxyl groups is 1. The van der Waals surface area contributed by atoms with Gasteiger partial charge in [-0.3, -0.25) is 0 Å². The lowest BCUT2D eigenvalue weighted by Gasteiger charge is -2.37. The van der Waals surface area contributed by atoms with E-state index in [0.29, 0.717) is 0 Å². The highest BCUT2D eigenvalue weighted by atomic mass is 35.5. The second kappa shape index (κ2) is 8.93. The van der Waals surface area contributed by atoms with E-state index in [1.54, 1.807) is 0 Å². The second-order valence-corrected chi connectivity index (χ2v) is 7.62. The molecule has 2 aromatic heterocycles. The Morgan fingerprint density at radius 1 is 1.09 bits per heavy atom. The van der Waals surface area contributed by atoms with Crippen molar-refractivity contribution < 1.29 is 32.9 Å². The third-order valence-corrected chi connectivity index (χ3v) is 5.42. The highest BCUT2D eigenvalue weighted by molar-refractivity contribution is 6.31. The Morgan fingerprint density at radius 3 is 2.38 bits per heavy atom. The lowest BCUT2D eigenvalue weighted by atomic mass is 9.78. The fourth-order valence-corrected chi connectivity index (χ4v) is 3.58. The molecule has 0 radical (unpaired) electrons. The first kappa shape index (κ1) is 23.8. The number of hydrogen-bond acceptors (Lipinski definition) is 5. The van der Waals surface area contributed by atoms with E-state index in [1.807, 2.05) is 0 Å². The van der Waals surface area contributed by atoms with Gasteiger partial charge in [-0.2, -0.15) is 13.2 Å². The largest absolute Gasteiger partial charge is 0.478 e. The first-order chi connectivity index (χ1) is 14.9. The fourth-order valence-electron chi connectivity index (χ4n) is 3.13. The number of benzene rings is 1. The molecule has 0 unspecified atom stereocenters. The summed E-state index contributed by atoms with van der Waals surface area (Å²) < 4.78 is 47.8. The van der Waals surface area contributed by atoms with E-state index in [4.69, 9.17) is 33.0 Å². The van der Waals surface area contributed by atoms with Gasteiger partial charge in [-0.05, 0) is 47.5 Å². The normalized spacial score (nSPS) is 14.5. The maximum atomic E-state index is 14.1. The monoisotopic (exact) mass is 486 g/mol. The molecule has 11 heteroatoms. The molecule has 2 atom stereocenters. The molecule has 32 heavy (non-hydrogen) atoms. The SMILES string of the molecule is C[C@H](c1cc(Oc2ccc(C(=O)O)cn2)ccc1Cl)[C@@](O)(c1ccnc(Cl)c1)C(F)(F)F. The van der Waals surface area contributed by atoms with E-state index in [1.165, 1.54) is 37.3 Å². The number of carboxylic acid groups (broad SMARTS) is 1. The molecule has 1 aromatic carbocycles. The van der Waals surface area contributed by atoms with Crippen molar-refractivity contribution in [2.45, 2.75) is 24.6 Å². The smallest absolute Gasteiger partial charge is 0.422 e. The predicted octanol–water partition coefficient (Wildman–Crippen LogP) is 5.83. The fraction of sp³-hybridized carbons (Fsp3) is 0.190. The number of nitrogens with zero attached hydrogens (tertiary/aromatic N) is 2. The van der Waals surface area contributed by atoms with E-state index in [0.717, 1.165) is 24.5 Å². The van der Waals surface area contributed by atoms with Crippen LogP contribution in [0.2, 0.25) is 10.2 Å². The number of aromatic carboxylic acids is 1. The summed E-state index contributed by atoms with van der Waals surface area (Å²) in [5.41, 5.74) is -3.93. The summed E-state index contributed by atoms with van der Waals surface area (Å²) in [6, 6.07) is 8.50. The van der Waals surface area contributed by atoms with Gasteiger partial charge in [-0.1, -0.05) is 30.1 Å². The molecule has 3 aromatic rings. The summed E-state index contributed by atoms with van der Waals surface area (Å²) in [6.07, 6.45) is -2.94. The standard InChI is InChI=1S/C21H15Cl2F3N2O4/c1-11(20(31,21(24,25)26)13-6-7-27-17(23)8-13)15-9-14(3-4-16(15)22)32-18-5-2-12(10-28-18)19(29)30/h2-11,31H,1H3,(H,29,30)/t11-,20-/m1/s1. The summed E-state index contributed by atoms with van der Waals surface area (Å²) in [4.78, 5) is 18.4. The van der Waals surface area contributed by atoms with Crippen LogP contribution in [-0.4, -0.2) is 32.3 Å². The molecule has 3 rings (SSSR count). The van der Waals surface area contributed by atoms with Crippen LogP contribution in [0.1, 0.15) is 34.3 Å². The molecular weight excluding hydrogens is 472 g/mol. The molecule has 0 bridgehead atoms. The van der Waals surface area contributed by atoms with Gasteiger partial charge in [-0.25, -0.2) is 14.8 Å². The minimum Gasteiger partial charge on any atom is -0.478 e. The van der Waals surface area contributed by atoms with Crippen molar-refractivity contribution in [3.05, 3.63) is 81.7 Å². The first-order valence-electron chi connectivity index (χ1n) is 9.01. The van der Waals surface area contributed by atoms with E-state index < -0.39 is 29.2 Å². The van der Waals surface area contributed by atoms with Crippen molar-refractivity contribution in [1.29, 1.82) is 0 Å². The van der Waals surface area contributed by atoms with Crippen LogP contribution < -0.4 is 4.74 Å². The minimum atomic E-state index is -5.08. The van der Waals surface area contributed by atoms with Gasteiger partial charge >= 0.3 is 12.1 Å². The number of hydrogen-bond donors (Lipinski definition) is 2. The quantitative estimate of drug-likeness (QED) is 0.426. The van der Waals surface area contributed by atoms with Gasteiger partial charge < -0.3 is 14.9 Å². The maximum Gasteiger partial charge on any atom is 0.422 e. The topological polar surface area (TPSA) is 92.5 Å². The van der Waals surface area contributed by atoms with E-state index in [9.17, 15) is 23.1 Å². The molecule has 0 aliphatic rings. The molecule has 0 fully saturated rings. The van der Waals surface area contributed by atoms with Crippen LogP contribution in [0.25, 0.3) is 0 Å². The molecule has 6 nitrogen and oxygen atoms in total. The van der Waals surface area contributed by atoms with E-state index in [-0.39, 0.29) is 32.9 Å². The molecule has 0 spiro atoms. The van der Waals surface area contributed by atoms with Crippen molar-refractivity contribution in [1.82, 2.24) is 9.97 Å². The zero-order chi connectivity index (χ0) is 23.7. The number of rotatable bonds is 6. The van der Waals surface area contributed by atoms with Gasteiger partial charge in [-0.15, -0.1) is 0 Å². The predicted molar refractivity (Wildman–Crippen MR) is 110 cm³/mol. The summed E-state index contributed by atoms with van der Waals surface area (Å²) >= 11 is 11.9. The van der Waals surface area contributed by atoms with Crippen molar-refractivity contribution in [2.75, 3.05) is 0 Å². The molecule has 2 heterocycles. The van der Waals surface area contributed by atoms with Crippen LogP contribution in [-0.2, 0) is 5.60 Å². The lowest BCUT2D eigenvalue weighted by molar-refractivity contribution is -0.274. The van der Waals surface area contributed by atoms with Crippen LogP contribution in [0.4, 0.5) is 13.2 Å². The summed E-state index contributed by atoms with van der Waals surface area (Å²) in [7, 11) is 0. The molecule has 0 amide bonds. The Balaban J connectivity index is 2.01. The third-order valence-electron chi connectivity index (χ3n) is 4.87. The first-order valence-corrected chi connectivity index (χ1v) is 9.77. The van der Waals surface area contributed by atoms with Crippen molar-refractivity contribution >= 4 is 29.2 Å². The van der Waals surface area contributed by atoms with Crippen LogP contribution in [0.3, 0.4) is 0 Å². The van der Waals surface area contributed by atoms with Crippen LogP contribution in [0.5, 0.6) is 11.6 Å². The minimum absolute atomic E-state index is 0.0166. The number of alkyl halides is 3. The Hall–Kier alpha value is -2.88. The highest BCUT2D eigenvalue weighted by Gasteiger charge is 2.59. The molecule has 2 N–H and O–H groups in total. The number of pyridine rings is 2. The Bertz CT molecular complexity index is 1140. The average molecular weight is 487 g/mol. The zero-order valence-corrected chi connectivity index (χ0v) is 17.8. The molecule has 0 aliphatic heterocycles. The van der Waals surface area contributed by atoms with Gasteiger partial charge in [0.2, 0.25) is 5.88 Å². The number of halogens is 5. The van der Waals surface area contributed by atoms with Gasteiger partial charge in [0.25, 0.3) is 0 Å². The van der Waals surface area contributed by atoms with Gasteiger partial charge in [0.05, 0.1) is 5.56 Å². The maximum absolute atomic E-state index is 14.1.